The highest BCUT2D eigenvalue weighted by molar-refractivity contribution is 5.99. The molecule has 174 valence electrons. The van der Waals surface area contributed by atoms with Gasteiger partial charge in [-0.05, 0) is 57.2 Å². The Labute approximate surface area is 190 Å². The molecular weight excluding hydrogens is 406 g/mol. The summed E-state index contributed by atoms with van der Waals surface area (Å²) in [7, 11) is 0. The Morgan fingerprint density at radius 2 is 1.91 bits per heavy atom. The molecular formula is C25H35N3O4. The highest BCUT2D eigenvalue weighted by atomic mass is 16.2. The van der Waals surface area contributed by atoms with Crippen molar-refractivity contribution in [2.45, 2.75) is 65.3 Å². The number of hydrogen-bond donors (Lipinski definition) is 2. The molecule has 0 aliphatic carbocycles. The van der Waals surface area contributed by atoms with Gasteiger partial charge in [0, 0.05) is 31.3 Å². The number of hydrogen-bond acceptors (Lipinski definition) is 4. The highest BCUT2D eigenvalue weighted by Gasteiger charge is 2.29. The number of carbonyl (C=O) groups excluding carboxylic acids is 4. The average molecular weight is 442 g/mol. The van der Waals surface area contributed by atoms with Crippen molar-refractivity contribution in [3.8, 4) is 0 Å². The highest BCUT2D eigenvalue weighted by Crippen LogP contribution is 2.23. The van der Waals surface area contributed by atoms with E-state index in [1.165, 1.54) is 0 Å². The summed E-state index contributed by atoms with van der Waals surface area (Å²) in [6, 6.07) is 7.77. The maximum atomic E-state index is 13.0. The fraction of sp³-hybridized carbons (Fsp3) is 0.520. The van der Waals surface area contributed by atoms with Crippen LogP contribution in [0.3, 0.4) is 0 Å². The molecule has 2 atom stereocenters. The molecule has 1 fully saturated rings. The van der Waals surface area contributed by atoms with Gasteiger partial charge in [0.05, 0.1) is 6.54 Å². The summed E-state index contributed by atoms with van der Waals surface area (Å²) in [6.07, 6.45) is 4.71. The van der Waals surface area contributed by atoms with Gasteiger partial charge in [0.1, 0.15) is 0 Å². The van der Waals surface area contributed by atoms with Crippen LogP contribution < -0.4 is 11.1 Å². The van der Waals surface area contributed by atoms with Crippen LogP contribution in [0.4, 0.5) is 0 Å². The molecule has 3 N–H and O–H groups in total. The first-order chi connectivity index (χ1) is 15.2. The van der Waals surface area contributed by atoms with Gasteiger partial charge in [-0.3, -0.25) is 19.2 Å². The summed E-state index contributed by atoms with van der Waals surface area (Å²) < 4.78 is 0. The van der Waals surface area contributed by atoms with E-state index in [0.29, 0.717) is 19.4 Å². The van der Waals surface area contributed by atoms with Gasteiger partial charge in [-0.15, -0.1) is 0 Å². The lowest BCUT2D eigenvalue weighted by Crippen LogP contribution is -2.45. The van der Waals surface area contributed by atoms with Crippen molar-refractivity contribution in [3.05, 3.63) is 41.5 Å². The van der Waals surface area contributed by atoms with Crippen LogP contribution in [0.2, 0.25) is 0 Å². The maximum absolute atomic E-state index is 13.0. The number of likely N-dealkylation sites (tertiary alicyclic amines) is 1. The molecule has 7 nitrogen and oxygen atoms in total. The predicted octanol–water partition coefficient (Wildman–Crippen LogP) is 2.76. The van der Waals surface area contributed by atoms with Gasteiger partial charge in [0.15, 0.2) is 5.78 Å². The lowest BCUT2D eigenvalue weighted by molar-refractivity contribution is -0.140. The molecule has 0 bridgehead atoms. The van der Waals surface area contributed by atoms with Crippen molar-refractivity contribution in [3.63, 3.8) is 0 Å². The van der Waals surface area contributed by atoms with Crippen molar-refractivity contribution in [2.75, 3.05) is 13.1 Å². The average Bonchev–Trinajstić information content (AvgIpc) is 2.88. The summed E-state index contributed by atoms with van der Waals surface area (Å²) in [6.45, 7) is 6.18. The fourth-order valence-electron chi connectivity index (χ4n) is 3.90. The predicted molar refractivity (Wildman–Crippen MR) is 124 cm³/mol. The third-order valence-corrected chi connectivity index (χ3v) is 5.79. The van der Waals surface area contributed by atoms with Crippen LogP contribution >= 0.6 is 0 Å². The van der Waals surface area contributed by atoms with Crippen LogP contribution in [-0.4, -0.2) is 47.5 Å². The minimum atomic E-state index is -0.410. The zero-order valence-electron chi connectivity index (χ0n) is 19.4. The molecule has 1 aromatic carbocycles. The third kappa shape index (κ3) is 8.29. The number of primary amides is 1. The van der Waals surface area contributed by atoms with Gasteiger partial charge in [0.25, 0.3) is 0 Å². The quantitative estimate of drug-likeness (QED) is 0.544. The summed E-state index contributed by atoms with van der Waals surface area (Å²) in [5.41, 5.74) is 8.16. The smallest absolute Gasteiger partial charge is 0.239 e. The number of rotatable bonds is 10. The normalized spacial score (nSPS) is 18.1. The largest absolute Gasteiger partial charge is 0.370 e. The first-order valence-electron chi connectivity index (χ1n) is 11.3. The zero-order chi connectivity index (χ0) is 23.7. The van der Waals surface area contributed by atoms with E-state index in [1.54, 1.807) is 17.9 Å². The van der Waals surface area contributed by atoms with Crippen LogP contribution in [0.25, 0.3) is 5.57 Å². The molecule has 7 heteroatoms. The minimum absolute atomic E-state index is 0.0390. The molecule has 1 unspecified atom stereocenters. The van der Waals surface area contributed by atoms with E-state index in [1.807, 2.05) is 38.1 Å². The third-order valence-electron chi connectivity index (χ3n) is 5.79. The second-order valence-corrected chi connectivity index (χ2v) is 8.79. The van der Waals surface area contributed by atoms with E-state index in [2.05, 4.69) is 5.32 Å². The number of allylic oxidation sites excluding steroid dienone is 2. The van der Waals surface area contributed by atoms with Crippen molar-refractivity contribution in [1.82, 2.24) is 10.2 Å². The minimum Gasteiger partial charge on any atom is -0.370 e. The molecule has 0 saturated carbocycles. The van der Waals surface area contributed by atoms with Crippen molar-refractivity contribution >= 4 is 29.1 Å². The SMILES string of the molecule is C/C(=C\C(=O)CC1CCCCN(CC(=O)N[C@H](C)CCC(N)=O)C1=O)c1ccc(C)cc1. The van der Waals surface area contributed by atoms with Gasteiger partial charge in [-0.2, -0.15) is 0 Å². The topological polar surface area (TPSA) is 110 Å². The van der Waals surface area contributed by atoms with E-state index in [4.69, 9.17) is 5.73 Å². The molecule has 0 aromatic heterocycles. The Hall–Kier alpha value is -2.96. The lowest BCUT2D eigenvalue weighted by Gasteiger charge is -2.24. The lowest BCUT2D eigenvalue weighted by atomic mass is 9.94. The summed E-state index contributed by atoms with van der Waals surface area (Å²) in [5.74, 6) is -1.30. The standard InChI is InChI=1S/C25H35N3O4/c1-17-7-10-20(11-8-17)18(2)14-22(29)15-21-6-4-5-13-28(25(21)32)16-24(31)27-19(3)9-12-23(26)30/h7-8,10-11,14,19,21H,4-6,9,12-13,15-16H2,1-3H3,(H2,26,30)(H,27,31)/b18-14+/t19-,21?/m1/s1. The second kappa shape index (κ2) is 12.2. The van der Waals surface area contributed by atoms with E-state index in [0.717, 1.165) is 29.5 Å². The second-order valence-electron chi connectivity index (χ2n) is 8.79. The summed E-state index contributed by atoms with van der Waals surface area (Å²) in [4.78, 5) is 50.5. The Morgan fingerprint density at radius 3 is 2.56 bits per heavy atom. The maximum Gasteiger partial charge on any atom is 0.239 e. The molecule has 3 amide bonds. The van der Waals surface area contributed by atoms with Crippen LogP contribution in [0.15, 0.2) is 30.3 Å². The fourth-order valence-corrected chi connectivity index (χ4v) is 3.90. The van der Waals surface area contributed by atoms with Gasteiger partial charge >= 0.3 is 0 Å². The molecule has 1 heterocycles. The Morgan fingerprint density at radius 1 is 1.22 bits per heavy atom. The summed E-state index contributed by atoms with van der Waals surface area (Å²) >= 11 is 0. The molecule has 2 rings (SSSR count). The van der Waals surface area contributed by atoms with Crippen molar-refractivity contribution in [2.24, 2.45) is 11.7 Å². The number of aryl methyl sites for hydroxylation is 1. The van der Waals surface area contributed by atoms with E-state index in [9.17, 15) is 19.2 Å². The molecule has 1 aromatic rings. The number of ketones is 1. The first-order valence-corrected chi connectivity index (χ1v) is 11.3. The van der Waals surface area contributed by atoms with Gasteiger partial charge in [-0.1, -0.05) is 36.2 Å². The number of nitrogens with two attached hydrogens (primary N) is 1. The van der Waals surface area contributed by atoms with E-state index >= 15 is 0 Å². The number of nitrogens with zero attached hydrogens (tertiary/aromatic N) is 1. The van der Waals surface area contributed by atoms with Crippen LogP contribution in [-0.2, 0) is 19.2 Å². The van der Waals surface area contributed by atoms with E-state index < -0.39 is 11.8 Å². The molecule has 1 saturated heterocycles. The zero-order valence-corrected chi connectivity index (χ0v) is 19.4. The first kappa shape index (κ1) is 25.3. The van der Waals surface area contributed by atoms with Crippen LogP contribution in [0.1, 0.15) is 63.5 Å². The summed E-state index contributed by atoms with van der Waals surface area (Å²) in [5, 5.41) is 2.81. The number of benzene rings is 1. The van der Waals surface area contributed by atoms with Crippen molar-refractivity contribution < 1.29 is 19.2 Å². The molecule has 1 aliphatic rings. The number of amides is 3. The molecule has 0 spiro atoms. The van der Waals surface area contributed by atoms with E-state index in [-0.39, 0.29) is 43.0 Å². The van der Waals surface area contributed by atoms with Gasteiger partial charge < -0.3 is 16.0 Å². The molecule has 1 aliphatic heterocycles. The molecule has 32 heavy (non-hydrogen) atoms. The Bertz CT molecular complexity index is 860. The Balaban J connectivity index is 1.94. The number of nitrogens with one attached hydrogen (secondary N) is 1. The monoisotopic (exact) mass is 441 g/mol. The Kier molecular flexibility index (Phi) is 9.62. The van der Waals surface area contributed by atoms with Crippen LogP contribution in [0, 0.1) is 12.8 Å². The molecule has 0 radical (unpaired) electrons. The van der Waals surface area contributed by atoms with Gasteiger partial charge in [0.2, 0.25) is 17.7 Å². The number of carbonyl (C=O) groups is 4. The van der Waals surface area contributed by atoms with Crippen LogP contribution in [0.5, 0.6) is 0 Å². The van der Waals surface area contributed by atoms with Crippen molar-refractivity contribution in [1.29, 1.82) is 0 Å². The van der Waals surface area contributed by atoms with Gasteiger partial charge in [-0.25, -0.2) is 0 Å².